The van der Waals surface area contributed by atoms with Crippen LogP contribution in [0.2, 0.25) is 0 Å². The molecule has 1 unspecified atom stereocenters. The Morgan fingerprint density at radius 2 is 1.96 bits per heavy atom. The van der Waals surface area contributed by atoms with Crippen molar-refractivity contribution in [2.45, 2.75) is 40.2 Å². The van der Waals surface area contributed by atoms with E-state index in [1.54, 1.807) is 0 Å². The van der Waals surface area contributed by atoms with Gasteiger partial charge < -0.3 is 10.1 Å². The van der Waals surface area contributed by atoms with Crippen molar-refractivity contribution in [1.82, 2.24) is 10.2 Å². The number of nitrogens with one attached hydrogen (secondary N) is 1. The average Bonchev–Trinajstić information content (AvgIpc) is 2.51. The van der Waals surface area contributed by atoms with E-state index in [1.807, 2.05) is 26.0 Å². The Hall–Kier alpha value is -1.39. The molecule has 1 amide bonds. The van der Waals surface area contributed by atoms with E-state index in [1.165, 1.54) is 5.56 Å². The van der Waals surface area contributed by atoms with Gasteiger partial charge in [0.1, 0.15) is 0 Å². The molecule has 1 aromatic carbocycles. The molecule has 4 heteroatoms. The highest BCUT2D eigenvalue weighted by atomic mass is 16.5. The molecule has 1 heterocycles. The lowest BCUT2D eigenvalue weighted by atomic mass is 10.0. The van der Waals surface area contributed by atoms with Gasteiger partial charge in [-0.1, -0.05) is 31.5 Å². The number of rotatable bonds is 6. The number of aryl methyl sites for hydroxylation is 2. The number of nitrogens with zero attached hydrogens (tertiary/aromatic N) is 1. The molecule has 0 spiro atoms. The van der Waals surface area contributed by atoms with Gasteiger partial charge in [-0.3, -0.25) is 9.69 Å². The Bertz CT molecular complexity index is 522. The van der Waals surface area contributed by atoms with E-state index in [0.717, 1.165) is 43.9 Å². The number of carbonyl (C=O) groups is 1. The molecule has 1 aliphatic heterocycles. The number of morpholine rings is 1. The van der Waals surface area contributed by atoms with E-state index in [9.17, 15) is 4.79 Å². The van der Waals surface area contributed by atoms with Crippen LogP contribution in [0.4, 0.5) is 0 Å². The number of amides is 1. The zero-order valence-corrected chi connectivity index (χ0v) is 14.9. The van der Waals surface area contributed by atoms with Crippen LogP contribution in [0.5, 0.6) is 0 Å². The molecule has 1 atom stereocenters. The van der Waals surface area contributed by atoms with E-state index in [0.29, 0.717) is 18.5 Å². The van der Waals surface area contributed by atoms with Crippen molar-refractivity contribution >= 4 is 5.91 Å². The summed E-state index contributed by atoms with van der Waals surface area (Å²) in [5.41, 5.74) is 3.00. The first-order chi connectivity index (χ1) is 11.0. The summed E-state index contributed by atoms with van der Waals surface area (Å²) in [6.45, 7) is 12.7. The smallest absolute Gasteiger partial charge is 0.251 e. The Kier molecular flexibility index (Phi) is 6.60. The van der Waals surface area contributed by atoms with Crippen LogP contribution in [0, 0.1) is 19.8 Å². The molecule has 0 radical (unpaired) electrons. The van der Waals surface area contributed by atoms with Crippen molar-refractivity contribution in [3.8, 4) is 0 Å². The standard InChI is InChI=1S/C19H30N2O2/c1-14(2)11-17(21-7-9-23-10-8-21)13-20-19(22)18-6-5-15(3)12-16(18)4/h5-6,12,14,17H,7-11,13H2,1-4H3,(H,20,22). The van der Waals surface area contributed by atoms with Crippen LogP contribution >= 0.6 is 0 Å². The molecule has 2 rings (SSSR count). The molecule has 1 N–H and O–H groups in total. The van der Waals surface area contributed by atoms with Crippen molar-refractivity contribution in [2.75, 3.05) is 32.8 Å². The summed E-state index contributed by atoms with van der Waals surface area (Å²) in [6.07, 6.45) is 1.09. The largest absolute Gasteiger partial charge is 0.379 e. The van der Waals surface area contributed by atoms with Crippen LogP contribution in [-0.2, 0) is 4.74 Å². The Morgan fingerprint density at radius 1 is 1.26 bits per heavy atom. The molecule has 0 bridgehead atoms. The summed E-state index contributed by atoms with van der Waals surface area (Å²) in [5.74, 6) is 0.644. The lowest BCUT2D eigenvalue weighted by Gasteiger charge is -2.35. The highest BCUT2D eigenvalue weighted by Crippen LogP contribution is 2.14. The SMILES string of the molecule is Cc1ccc(C(=O)NCC(CC(C)C)N2CCOCC2)c(C)c1. The van der Waals surface area contributed by atoms with Crippen molar-refractivity contribution in [2.24, 2.45) is 5.92 Å². The van der Waals surface area contributed by atoms with Gasteiger partial charge in [-0.05, 0) is 37.8 Å². The molecular weight excluding hydrogens is 288 g/mol. The number of benzene rings is 1. The minimum absolute atomic E-state index is 0.0320. The van der Waals surface area contributed by atoms with Crippen LogP contribution in [0.1, 0.15) is 41.8 Å². The summed E-state index contributed by atoms with van der Waals surface area (Å²) < 4.78 is 5.45. The second-order valence-corrected chi connectivity index (χ2v) is 6.96. The second-order valence-electron chi connectivity index (χ2n) is 6.96. The van der Waals surface area contributed by atoms with Gasteiger partial charge in [-0.15, -0.1) is 0 Å². The Balaban J connectivity index is 1.97. The molecular formula is C19H30N2O2. The van der Waals surface area contributed by atoms with Crippen molar-refractivity contribution in [3.63, 3.8) is 0 Å². The predicted octanol–water partition coefficient (Wildman–Crippen LogP) is 2.78. The molecule has 0 aromatic heterocycles. The number of hydrogen-bond acceptors (Lipinski definition) is 3. The molecule has 1 aliphatic rings. The molecule has 128 valence electrons. The number of hydrogen-bond donors (Lipinski definition) is 1. The monoisotopic (exact) mass is 318 g/mol. The third kappa shape index (κ3) is 5.33. The summed E-state index contributed by atoms with van der Waals surface area (Å²) in [4.78, 5) is 14.9. The zero-order valence-electron chi connectivity index (χ0n) is 14.9. The minimum atomic E-state index is 0.0320. The van der Waals surface area contributed by atoms with Gasteiger partial charge in [0.2, 0.25) is 0 Å². The minimum Gasteiger partial charge on any atom is -0.379 e. The normalized spacial score (nSPS) is 17.3. The first-order valence-corrected chi connectivity index (χ1v) is 8.64. The van der Waals surface area contributed by atoms with E-state index in [2.05, 4.69) is 30.1 Å². The van der Waals surface area contributed by atoms with Crippen molar-refractivity contribution < 1.29 is 9.53 Å². The van der Waals surface area contributed by atoms with Crippen molar-refractivity contribution in [3.05, 3.63) is 34.9 Å². The van der Waals surface area contributed by atoms with E-state index in [-0.39, 0.29) is 5.91 Å². The molecule has 1 fully saturated rings. The van der Waals surface area contributed by atoms with Gasteiger partial charge in [0.25, 0.3) is 5.91 Å². The molecule has 1 aromatic rings. The topological polar surface area (TPSA) is 41.6 Å². The van der Waals surface area contributed by atoms with Gasteiger partial charge in [0, 0.05) is 31.2 Å². The van der Waals surface area contributed by atoms with E-state index >= 15 is 0 Å². The average molecular weight is 318 g/mol. The quantitative estimate of drug-likeness (QED) is 0.877. The Morgan fingerprint density at radius 3 is 2.57 bits per heavy atom. The van der Waals surface area contributed by atoms with E-state index in [4.69, 9.17) is 4.74 Å². The first kappa shape index (κ1) is 18.0. The highest BCUT2D eigenvalue weighted by Gasteiger charge is 2.22. The maximum absolute atomic E-state index is 12.5. The lowest BCUT2D eigenvalue weighted by molar-refractivity contribution is 0.0124. The third-order valence-electron chi connectivity index (χ3n) is 4.43. The Labute approximate surface area is 140 Å². The third-order valence-corrected chi connectivity index (χ3v) is 4.43. The molecule has 1 saturated heterocycles. The van der Waals surface area contributed by atoms with Crippen LogP contribution < -0.4 is 5.32 Å². The summed E-state index contributed by atoms with van der Waals surface area (Å²) in [5, 5.41) is 3.14. The summed E-state index contributed by atoms with van der Waals surface area (Å²) in [6, 6.07) is 6.36. The lowest BCUT2D eigenvalue weighted by Crippen LogP contribution is -2.49. The maximum atomic E-state index is 12.5. The van der Waals surface area contributed by atoms with Crippen LogP contribution in [0.25, 0.3) is 0 Å². The molecule has 0 saturated carbocycles. The number of carbonyl (C=O) groups excluding carboxylic acids is 1. The zero-order chi connectivity index (χ0) is 16.8. The van der Waals surface area contributed by atoms with Crippen molar-refractivity contribution in [1.29, 1.82) is 0 Å². The fourth-order valence-electron chi connectivity index (χ4n) is 3.22. The van der Waals surface area contributed by atoms with Gasteiger partial charge in [0.05, 0.1) is 13.2 Å². The molecule has 23 heavy (non-hydrogen) atoms. The maximum Gasteiger partial charge on any atom is 0.251 e. The summed E-state index contributed by atoms with van der Waals surface area (Å²) in [7, 11) is 0. The summed E-state index contributed by atoms with van der Waals surface area (Å²) >= 11 is 0. The molecule has 4 nitrogen and oxygen atoms in total. The molecule has 0 aliphatic carbocycles. The van der Waals surface area contributed by atoms with Gasteiger partial charge in [0.15, 0.2) is 0 Å². The fraction of sp³-hybridized carbons (Fsp3) is 0.632. The number of ether oxygens (including phenoxy) is 1. The first-order valence-electron chi connectivity index (χ1n) is 8.64. The second kappa shape index (κ2) is 8.46. The van der Waals surface area contributed by atoms with Crippen LogP contribution in [0.3, 0.4) is 0 Å². The van der Waals surface area contributed by atoms with Crippen LogP contribution in [-0.4, -0.2) is 49.7 Å². The predicted molar refractivity (Wildman–Crippen MR) is 93.9 cm³/mol. The fourth-order valence-corrected chi connectivity index (χ4v) is 3.22. The van der Waals surface area contributed by atoms with Crippen LogP contribution in [0.15, 0.2) is 18.2 Å². The van der Waals surface area contributed by atoms with E-state index < -0.39 is 0 Å². The van der Waals surface area contributed by atoms with Gasteiger partial charge in [-0.2, -0.15) is 0 Å². The van der Waals surface area contributed by atoms with Gasteiger partial charge >= 0.3 is 0 Å². The van der Waals surface area contributed by atoms with Gasteiger partial charge in [-0.25, -0.2) is 0 Å². The highest BCUT2D eigenvalue weighted by molar-refractivity contribution is 5.95.